The lowest BCUT2D eigenvalue weighted by atomic mass is 10.1. The molecule has 1 aromatic rings. The summed E-state index contributed by atoms with van der Waals surface area (Å²) in [5.74, 6) is -0.374. The molecule has 0 unspecified atom stereocenters. The first-order valence-corrected chi connectivity index (χ1v) is 9.75. The van der Waals surface area contributed by atoms with Gasteiger partial charge in [-0.25, -0.2) is 0 Å². The van der Waals surface area contributed by atoms with E-state index in [2.05, 4.69) is 10.3 Å². The number of nitrogens with one attached hydrogen (secondary N) is 2. The molecule has 1 aliphatic carbocycles. The number of aryl methyl sites for hydroxylation is 1. The molecule has 1 saturated heterocycles. The Bertz CT molecular complexity index is 766. The normalized spacial score (nSPS) is 21.7. The molecular formula is C19H26ClN3O3. The first-order valence-electron chi connectivity index (χ1n) is 9.37. The Morgan fingerprint density at radius 2 is 1.81 bits per heavy atom. The Hall–Kier alpha value is -1.82. The van der Waals surface area contributed by atoms with Crippen molar-refractivity contribution >= 4 is 23.4 Å². The van der Waals surface area contributed by atoms with Crippen molar-refractivity contribution in [2.45, 2.75) is 70.9 Å². The molecule has 1 aliphatic heterocycles. The highest BCUT2D eigenvalue weighted by Crippen LogP contribution is 2.26. The Labute approximate surface area is 158 Å². The lowest BCUT2D eigenvalue weighted by Crippen LogP contribution is -2.42. The van der Waals surface area contributed by atoms with Gasteiger partial charge in [-0.3, -0.25) is 14.4 Å². The predicted octanol–water partition coefficient (Wildman–Crippen LogP) is 2.70. The monoisotopic (exact) mass is 379 g/mol. The van der Waals surface area contributed by atoms with Crippen LogP contribution in [-0.4, -0.2) is 40.3 Å². The van der Waals surface area contributed by atoms with Crippen LogP contribution in [0.1, 0.15) is 66.6 Å². The van der Waals surface area contributed by atoms with Gasteiger partial charge in [-0.05, 0) is 32.3 Å². The topological polar surface area (TPSA) is 82.3 Å². The third-order valence-corrected chi connectivity index (χ3v) is 6.11. The minimum atomic E-state index is -0.467. The second-order valence-corrected chi connectivity index (χ2v) is 7.84. The summed E-state index contributed by atoms with van der Waals surface area (Å²) in [6.45, 7) is 3.88. The first-order chi connectivity index (χ1) is 12.4. The molecule has 7 heteroatoms. The molecule has 2 fully saturated rings. The van der Waals surface area contributed by atoms with Crippen LogP contribution in [0.3, 0.4) is 0 Å². The number of likely N-dealkylation sites (tertiary alicyclic amines) is 1. The SMILES string of the molecule is Cc1[nH]c(=O)c(C(=O)N[C@@H]2CC(=O)N(C3CCCCCC3)C2)c(C)c1Cl. The minimum Gasteiger partial charge on any atom is -0.347 e. The molecule has 0 aromatic carbocycles. The molecule has 2 aliphatic rings. The number of H-pyrrole nitrogens is 1. The van der Waals surface area contributed by atoms with E-state index in [1.165, 1.54) is 12.8 Å². The van der Waals surface area contributed by atoms with E-state index < -0.39 is 11.5 Å². The van der Waals surface area contributed by atoms with Crippen molar-refractivity contribution in [2.24, 2.45) is 0 Å². The number of hydrogen-bond donors (Lipinski definition) is 2. The molecule has 0 spiro atoms. The number of nitrogens with zero attached hydrogens (tertiary/aromatic N) is 1. The highest BCUT2D eigenvalue weighted by Gasteiger charge is 2.35. The summed E-state index contributed by atoms with van der Waals surface area (Å²) in [5, 5.41) is 3.24. The number of aromatic amines is 1. The summed E-state index contributed by atoms with van der Waals surface area (Å²) in [4.78, 5) is 41.8. The Morgan fingerprint density at radius 3 is 2.46 bits per heavy atom. The van der Waals surface area contributed by atoms with Gasteiger partial charge in [-0.15, -0.1) is 0 Å². The molecule has 1 atom stereocenters. The molecule has 2 amide bonds. The van der Waals surface area contributed by atoms with Crippen molar-refractivity contribution in [1.29, 1.82) is 0 Å². The molecule has 26 heavy (non-hydrogen) atoms. The van der Waals surface area contributed by atoms with Gasteiger partial charge in [0.05, 0.1) is 11.1 Å². The molecule has 142 valence electrons. The molecule has 0 radical (unpaired) electrons. The van der Waals surface area contributed by atoms with Gasteiger partial charge in [-0.1, -0.05) is 37.3 Å². The van der Waals surface area contributed by atoms with Gasteiger partial charge in [0, 0.05) is 24.7 Å². The van der Waals surface area contributed by atoms with Crippen LogP contribution in [0.5, 0.6) is 0 Å². The molecule has 1 aromatic heterocycles. The fourth-order valence-corrected chi connectivity index (χ4v) is 4.27. The fourth-order valence-electron chi connectivity index (χ4n) is 4.13. The largest absolute Gasteiger partial charge is 0.347 e. The van der Waals surface area contributed by atoms with Crippen LogP contribution in [-0.2, 0) is 4.79 Å². The van der Waals surface area contributed by atoms with E-state index in [1.54, 1.807) is 13.8 Å². The number of pyridine rings is 1. The molecule has 2 N–H and O–H groups in total. The third kappa shape index (κ3) is 3.80. The van der Waals surface area contributed by atoms with Crippen molar-refractivity contribution in [2.75, 3.05) is 6.54 Å². The van der Waals surface area contributed by atoms with Gasteiger partial charge in [0.2, 0.25) is 5.91 Å². The number of amides is 2. The highest BCUT2D eigenvalue weighted by atomic mass is 35.5. The zero-order valence-corrected chi connectivity index (χ0v) is 16.1. The van der Waals surface area contributed by atoms with Crippen LogP contribution in [0, 0.1) is 13.8 Å². The molecule has 3 rings (SSSR count). The van der Waals surface area contributed by atoms with Gasteiger partial charge < -0.3 is 15.2 Å². The Kier molecular flexibility index (Phi) is 5.70. The van der Waals surface area contributed by atoms with Crippen molar-refractivity contribution in [3.8, 4) is 0 Å². The van der Waals surface area contributed by atoms with E-state index in [4.69, 9.17) is 11.6 Å². The average Bonchev–Trinajstić information content (AvgIpc) is 2.79. The second kappa shape index (κ2) is 7.82. The van der Waals surface area contributed by atoms with E-state index in [9.17, 15) is 14.4 Å². The number of hydrogen-bond acceptors (Lipinski definition) is 3. The van der Waals surface area contributed by atoms with E-state index in [0.29, 0.717) is 29.2 Å². The fraction of sp³-hybridized carbons (Fsp3) is 0.632. The second-order valence-electron chi connectivity index (χ2n) is 7.46. The van der Waals surface area contributed by atoms with Crippen molar-refractivity contribution in [3.63, 3.8) is 0 Å². The maximum Gasteiger partial charge on any atom is 0.261 e. The minimum absolute atomic E-state index is 0.0287. The van der Waals surface area contributed by atoms with Crippen molar-refractivity contribution < 1.29 is 9.59 Å². The first kappa shape index (κ1) is 19.0. The van der Waals surface area contributed by atoms with Gasteiger partial charge in [0.15, 0.2) is 0 Å². The molecule has 6 nitrogen and oxygen atoms in total. The summed E-state index contributed by atoms with van der Waals surface area (Å²) in [5.41, 5.74) is 0.587. The standard InChI is InChI=1S/C19H26ClN3O3/c1-11-16(18(25)21-12(2)17(11)20)19(26)22-13-9-15(24)23(10-13)14-7-5-3-4-6-8-14/h13-14H,3-10H2,1-2H3,(H,21,25)(H,22,26)/t13-/m1/s1. The summed E-state index contributed by atoms with van der Waals surface area (Å²) >= 11 is 6.17. The molecule has 2 heterocycles. The van der Waals surface area contributed by atoms with Gasteiger partial charge >= 0.3 is 0 Å². The summed E-state index contributed by atoms with van der Waals surface area (Å²) in [6, 6.07) is 0.0167. The summed E-state index contributed by atoms with van der Waals surface area (Å²) < 4.78 is 0. The van der Waals surface area contributed by atoms with Crippen LogP contribution in [0.25, 0.3) is 0 Å². The zero-order valence-electron chi connectivity index (χ0n) is 15.4. The number of aromatic nitrogens is 1. The number of rotatable bonds is 3. The lowest BCUT2D eigenvalue weighted by molar-refractivity contribution is -0.129. The van der Waals surface area contributed by atoms with E-state index >= 15 is 0 Å². The molecule has 1 saturated carbocycles. The summed E-state index contributed by atoms with van der Waals surface area (Å²) in [7, 11) is 0. The average molecular weight is 380 g/mol. The van der Waals surface area contributed by atoms with Gasteiger partial charge in [-0.2, -0.15) is 0 Å². The third-order valence-electron chi connectivity index (χ3n) is 5.55. The number of carbonyl (C=O) groups is 2. The summed E-state index contributed by atoms with van der Waals surface area (Å²) in [6.07, 6.45) is 7.14. The van der Waals surface area contributed by atoms with Crippen molar-refractivity contribution in [1.82, 2.24) is 15.2 Å². The van der Waals surface area contributed by atoms with E-state index in [-0.39, 0.29) is 23.6 Å². The van der Waals surface area contributed by atoms with Crippen LogP contribution in [0.15, 0.2) is 4.79 Å². The van der Waals surface area contributed by atoms with E-state index in [1.807, 2.05) is 4.90 Å². The maximum absolute atomic E-state index is 12.6. The lowest BCUT2D eigenvalue weighted by Gasteiger charge is -2.27. The smallest absolute Gasteiger partial charge is 0.261 e. The van der Waals surface area contributed by atoms with Gasteiger partial charge in [0.1, 0.15) is 5.56 Å². The van der Waals surface area contributed by atoms with E-state index in [0.717, 1.165) is 25.7 Å². The quantitative estimate of drug-likeness (QED) is 0.792. The van der Waals surface area contributed by atoms with Crippen LogP contribution in [0.4, 0.5) is 0 Å². The zero-order chi connectivity index (χ0) is 18.8. The van der Waals surface area contributed by atoms with Crippen molar-refractivity contribution in [3.05, 3.63) is 32.2 Å². The maximum atomic E-state index is 12.6. The molecule has 0 bridgehead atoms. The van der Waals surface area contributed by atoms with Gasteiger partial charge in [0.25, 0.3) is 11.5 Å². The number of carbonyl (C=O) groups excluding carboxylic acids is 2. The Morgan fingerprint density at radius 1 is 1.15 bits per heavy atom. The van der Waals surface area contributed by atoms with Crippen LogP contribution < -0.4 is 10.9 Å². The van der Waals surface area contributed by atoms with Crippen LogP contribution >= 0.6 is 11.6 Å². The van der Waals surface area contributed by atoms with Crippen LogP contribution in [0.2, 0.25) is 5.02 Å². The Balaban J connectivity index is 1.70. The highest BCUT2D eigenvalue weighted by molar-refractivity contribution is 6.32. The molecular weight excluding hydrogens is 354 g/mol. The predicted molar refractivity (Wildman–Crippen MR) is 101 cm³/mol. The number of halogens is 1.